The Balaban J connectivity index is 2.67. The first kappa shape index (κ1) is 12.6. The molecular weight excluding hydrogens is 260 g/mol. The van der Waals surface area contributed by atoms with Crippen molar-refractivity contribution < 1.29 is 21.9 Å². The SMILES string of the molecule is CCN(CC)c1c(N)cc2c(O)c1OS(=O)(=O)O2. The number of hydrogen-bond donors (Lipinski definition) is 2. The number of phenols is 1. The maximum Gasteiger partial charge on any atom is 0.501 e. The second-order valence-electron chi connectivity index (χ2n) is 3.74. The molecule has 0 amide bonds. The molecule has 7 nitrogen and oxygen atoms in total. The molecule has 0 fully saturated rings. The molecule has 1 heterocycles. The third kappa shape index (κ3) is 1.88. The Morgan fingerprint density at radius 3 is 2.50 bits per heavy atom. The van der Waals surface area contributed by atoms with Crippen molar-refractivity contribution in [1.29, 1.82) is 0 Å². The largest absolute Gasteiger partial charge is 0.502 e. The van der Waals surface area contributed by atoms with E-state index in [1.165, 1.54) is 6.07 Å². The summed E-state index contributed by atoms with van der Waals surface area (Å²) < 4.78 is 31.9. The minimum absolute atomic E-state index is 0.181. The Kier molecular flexibility index (Phi) is 2.89. The van der Waals surface area contributed by atoms with Crippen molar-refractivity contribution in [3.63, 3.8) is 0 Å². The Labute approximate surface area is 105 Å². The van der Waals surface area contributed by atoms with Crippen LogP contribution >= 0.6 is 0 Å². The molecule has 1 aliphatic heterocycles. The summed E-state index contributed by atoms with van der Waals surface area (Å²) in [5.41, 5.74) is 6.48. The van der Waals surface area contributed by atoms with Crippen LogP contribution in [0.25, 0.3) is 0 Å². The van der Waals surface area contributed by atoms with Crippen molar-refractivity contribution in [2.75, 3.05) is 23.7 Å². The van der Waals surface area contributed by atoms with Gasteiger partial charge in [0.25, 0.3) is 0 Å². The number of nitrogens with zero attached hydrogens (tertiary/aromatic N) is 1. The average molecular weight is 274 g/mol. The van der Waals surface area contributed by atoms with E-state index in [0.717, 1.165) is 0 Å². The van der Waals surface area contributed by atoms with Crippen molar-refractivity contribution in [1.82, 2.24) is 0 Å². The summed E-state index contributed by atoms with van der Waals surface area (Å²) in [7, 11) is -4.18. The van der Waals surface area contributed by atoms with E-state index in [1.807, 2.05) is 13.8 Å². The van der Waals surface area contributed by atoms with Crippen LogP contribution in [0.3, 0.4) is 0 Å². The minimum Gasteiger partial charge on any atom is -0.502 e. The van der Waals surface area contributed by atoms with E-state index in [9.17, 15) is 13.5 Å². The number of nitrogens with two attached hydrogens (primary N) is 1. The average Bonchev–Trinajstić information content (AvgIpc) is 2.28. The van der Waals surface area contributed by atoms with Gasteiger partial charge in [0.15, 0.2) is 5.75 Å². The summed E-state index contributed by atoms with van der Waals surface area (Å²) in [6, 6.07) is 1.27. The summed E-state index contributed by atoms with van der Waals surface area (Å²) in [5.74, 6) is -0.759. The van der Waals surface area contributed by atoms with Crippen LogP contribution in [0.1, 0.15) is 13.8 Å². The van der Waals surface area contributed by atoms with Gasteiger partial charge in [-0.05, 0) is 13.8 Å². The summed E-state index contributed by atoms with van der Waals surface area (Å²) in [5, 5.41) is 9.83. The zero-order valence-electron chi connectivity index (χ0n) is 10.0. The lowest BCUT2D eigenvalue weighted by molar-refractivity contribution is 0.338. The summed E-state index contributed by atoms with van der Waals surface area (Å²) >= 11 is 0. The molecule has 0 saturated carbocycles. The monoisotopic (exact) mass is 274 g/mol. The van der Waals surface area contributed by atoms with Gasteiger partial charge in [0.05, 0.1) is 5.69 Å². The van der Waals surface area contributed by atoms with Gasteiger partial charge in [-0.25, -0.2) is 0 Å². The third-order valence-electron chi connectivity index (χ3n) is 2.68. The second-order valence-corrected chi connectivity index (χ2v) is 4.89. The van der Waals surface area contributed by atoms with E-state index >= 15 is 0 Å². The molecule has 0 spiro atoms. The molecule has 0 unspecified atom stereocenters. The number of fused-ring (bicyclic) bond motifs is 2. The highest BCUT2D eigenvalue weighted by Crippen LogP contribution is 2.51. The van der Waals surface area contributed by atoms with Gasteiger partial charge in [0, 0.05) is 19.2 Å². The van der Waals surface area contributed by atoms with E-state index in [4.69, 9.17) is 5.73 Å². The molecule has 0 aromatic heterocycles. The lowest BCUT2D eigenvalue weighted by Gasteiger charge is -2.28. The highest BCUT2D eigenvalue weighted by atomic mass is 32.3. The third-order valence-corrected chi connectivity index (χ3v) is 3.43. The van der Waals surface area contributed by atoms with E-state index in [1.54, 1.807) is 4.90 Å². The summed E-state index contributed by atoms with van der Waals surface area (Å²) in [6.07, 6.45) is 0. The number of rotatable bonds is 3. The molecule has 8 heteroatoms. The number of benzene rings is 1. The number of anilines is 2. The fourth-order valence-corrected chi connectivity index (χ4v) is 2.61. The Hall–Kier alpha value is -1.83. The Bertz CT molecular complexity index is 580. The van der Waals surface area contributed by atoms with Crippen LogP contribution in [-0.2, 0) is 10.4 Å². The number of phenolic OH excluding ortho intramolecular Hbond substituents is 1. The molecule has 0 saturated heterocycles. The van der Waals surface area contributed by atoms with E-state index < -0.39 is 10.4 Å². The molecule has 0 aliphatic carbocycles. The molecule has 2 rings (SSSR count). The van der Waals surface area contributed by atoms with E-state index in [-0.39, 0.29) is 22.9 Å². The first-order valence-electron chi connectivity index (χ1n) is 5.43. The Morgan fingerprint density at radius 1 is 1.33 bits per heavy atom. The van der Waals surface area contributed by atoms with Gasteiger partial charge in [0.2, 0.25) is 11.5 Å². The van der Waals surface area contributed by atoms with Crippen molar-refractivity contribution in [2.45, 2.75) is 13.8 Å². The van der Waals surface area contributed by atoms with Gasteiger partial charge in [-0.2, -0.15) is 0 Å². The van der Waals surface area contributed by atoms with Crippen molar-refractivity contribution >= 4 is 21.8 Å². The summed E-state index contributed by atoms with van der Waals surface area (Å²) in [6.45, 7) is 4.95. The van der Waals surface area contributed by atoms with Crippen LogP contribution in [0.2, 0.25) is 0 Å². The smallest absolute Gasteiger partial charge is 0.501 e. The van der Waals surface area contributed by atoms with Crippen LogP contribution < -0.4 is 19.0 Å². The number of hydrogen-bond acceptors (Lipinski definition) is 7. The molecule has 1 aliphatic rings. The van der Waals surface area contributed by atoms with E-state index in [2.05, 4.69) is 8.37 Å². The molecule has 3 N–H and O–H groups in total. The maximum atomic E-state index is 11.3. The molecule has 0 atom stereocenters. The second kappa shape index (κ2) is 4.13. The standard InChI is InChI=1S/C10H14N2O5S/c1-3-12(4-2)8-6(11)5-7-9(13)10(8)17-18(14,15)16-7/h5,13H,3-4,11H2,1-2H3. The van der Waals surface area contributed by atoms with Crippen molar-refractivity contribution in [3.8, 4) is 17.2 Å². The zero-order valence-corrected chi connectivity index (χ0v) is 10.8. The summed E-state index contributed by atoms with van der Waals surface area (Å²) in [4.78, 5) is 1.79. The minimum atomic E-state index is -4.18. The molecule has 0 radical (unpaired) electrons. The molecule has 18 heavy (non-hydrogen) atoms. The van der Waals surface area contributed by atoms with Gasteiger partial charge in [-0.1, -0.05) is 0 Å². The fraction of sp³-hybridized carbons (Fsp3) is 0.400. The van der Waals surface area contributed by atoms with Crippen LogP contribution in [0.5, 0.6) is 17.2 Å². The first-order chi connectivity index (χ1) is 8.39. The predicted octanol–water partition coefficient (Wildman–Crippen LogP) is 0.837. The molecule has 1 aromatic carbocycles. The maximum absolute atomic E-state index is 11.3. The molecule has 1 aromatic rings. The van der Waals surface area contributed by atoms with Gasteiger partial charge in [0.1, 0.15) is 5.69 Å². The normalized spacial score (nSPS) is 15.7. The Morgan fingerprint density at radius 2 is 1.94 bits per heavy atom. The van der Waals surface area contributed by atoms with Crippen molar-refractivity contribution in [2.24, 2.45) is 0 Å². The molecular formula is C10H14N2O5S. The van der Waals surface area contributed by atoms with Crippen LogP contribution in [0.4, 0.5) is 11.4 Å². The molecule has 2 bridgehead atoms. The predicted molar refractivity (Wildman–Crippen MR) is 66.3 cm³/mol. The van der Waals surface area contributed by atoms with E-state index in [0.29, 0.717) is 18.8 Å². The number of aromatic hydroxyl groups is 1. The van der Waals surface area contributed by atoms with Gasteiger partial charge in [-0.15, -0.1) is 8.42 Å². The fourth-order valence-electron chi connectivity index (χ4n) is 1.87. The van der Waals surface area contributed by atoms with Crippen LogP contribution in [-0.4, -0.2) is 26.6 Å². The van der Waals surface area contributed by atoms with Crippen molar-refractivity contribution in [3.05, 3.63) is 6.07 Å². The lowest BCUT2D eigenvalue weighted by Crippen LogP contribution is -2.27. The molecule has 100 valence electrons. The van der Waals surface area contributed by atoms with Crippen LogP contribution in [0.15, 0.2) is 6.07 Å². The zero-order chi connectivity index (χ0) is 13.5. The van der Waals surface area contributed by atoms with Crippen LogP contribution in [0, 0.1) is 0 Å². The quantitative estimate of drug-likeness (QED) is 0.621. The van der Waals surface area contributed by atoms with Gasteiger partial charge >= 0.3 is 10.4 Å². The first-order valence-corrected chi connectivity index (χ1v) is 6.77. The topological polar surface area (TPSA) is 102 Å². The highest BCUT2D eigenvalue weighted by molar-refractivity contribution is 7.82. The highest BCUT2D eigenvalue weighted by Gasteiger charge is 2.33. The lowest BCUT2D eigenvalue weighted by atomic mass is 10.2. The number of nitrogen functional groups attached to an aromatic ring is 1. The van der Waals surface area contributed by atoms with Gasteiger partial charge < -0.3 is 24.1 Å². The van der Waals surface area contributed by atoms with Gasteiger partial charge in [-0.3, -0.25) is 0 Å².